The molecule has 0 amide bonds. The average Bonchev–Trinajstić information content (AvgIpc) is 1.99. The second-order valence-electron chi connectivity index (χ2n) is 2.82. The van der Waals surface area contributed by atoms with E-state index in [4.69, 9.17) is 11.1 Å². The Bertz CT molecular complexity index is 272. The van der Waals surface area contributed by atoms with Gasteiger partial charge in [0.25, 0.3) is 10.2 Å². The molecular formula is C6H16N4O2S. The number of hydrogen-bond donors (Lipinski definition) is 3. The summed E-state index contributed by atoms with van der Waals surface area (Å²) >= 11 is 0. The lowest BCUT2D eigenvalue weighted by Gasteiger charge is -2.18. The zero-order chi connectivity index (χ0) is 10.6. The van der Waals surface area contributed by atoms with Crippen molar-refractivity contribution in [2.75, 3.05) is 14.1 Å². The van der Waals surface area contributed by atoms with Gasteiger partial charge in [-0.25, -0.2) is 0 Å². The summed E-state index contributed by atoms with van der Waals surface area (Å²) in [6.07, 6.45) is 0.461. The van der Waals surface area contributed by atoms with Crippen molar-refractivity contribution in [3.63, 3.8) is 0 Å². The van der Waals surface area contributed by atoms with Crippen LogP contribution >= 0.6 is 0 Å². The molecule has 0 aromatic rings. The van der Waals surface area contributed by atoms with Gasteiger partial charge in [-0.3, -0.25) is 5.41 Å². The van der Waals surface area contributed by atoms with E-state index in [9.17, 15) is 8.42 Å². The minimum Gasteiger partial charge on any atom is -0.386 e. The van der Waals surface area contributed by atoms with E-state index in [0.717, 1.165) is 4.31 Å². The molecule has 4 N–H and O–H groups in total. The van der Waals surface area contributed by atoms with Crippen LogP contribution in [0.1, 0.15) is 13.3 Å². The van der Waals surface area contributed by atoms with Crippen LogP contribution < -0.4 is 10.5 Å². The molecule has 1 atom stereocenters. The molecule has 0 aliphatic heterocycles. The van der Waals surface area contributed by atoms with Crippen LogP contribution in [0.3, 0.4) is 0 Å². The summed E-state index contributed by atoms with van der Waals surface area (Å²) in [4.78, 5) is 0. The van der Waals surface area contributed by atoms with Crippen molar-refractivity contribution in [1.82, 2.24) is 9.03 Å². The predicted octanol–water partition coefficient (Wildman–Crippen LogP) is -0.903. The maximum atomic E-state index is 11.3. The topological polar surface area (TPSA) is 99.3 Å². The van der Waals surface area contributed by atoms with E-state index in [-0.39, 0.29) is 5.84 Å². The maximum absolute atomic E-state index is 11.3. The van der Waals surface area contributed by atoms with Crippen LogP contribution in [0.15, 0.2) is 0 Å². The first kappa shape index (κ1) is 12.3. The van der Waals surface area contributed by atoms with Crippen molar-refractivity contribution in [1.29, 1.82) is 5.41 Å². The molecule has 0 heterocycles. The van der Waals surface area contributed by atoms with Crippen molar-refractivity contribution in [3.8, 4) is 0 Å². The van der Waals surface area contributed by atoms with Crippen LogP contribution in [-0.2, 0) is 10.2 Å². The molecule has 0 aromatic heterocycles. The Morgan fingerprint density at radius 2 is 2.08 bits per heavy atom. The Hall–Kier alpha value is -0.660. The maximum Gasteiger partial charge on any atom is 0.279 e. The van der Waals surface area contributed by atoms with Crippen LogP contribution in [0.5, 0.6) is 0 Å². The Morgan fingerprint density at radius 3 is 2.31 bits per heavy atom. The third-order valence-corrected chi connectivity index (χ3v) is 3.10. The molecule has 0 aromatic carbocycles. The van der Waals surface area contributed by atoms with Gasteiger partial charge in [0.2, 0.25) is 0 Å². The molecule has 0 saturated heterocycles. The molecule has 13 heavy (non-hydrogen) atoms. The van der Waals surface area contributed by atoms with Gasteiger partial charge in [-0.05, 0) is 6.42 Å². The number of nitrogens with two attached hydrogens (primary N) is 1. The summed E-state index contributed by atoms with van der Waals surface area (Å²) in [5.74, 6) is -0.173. The van der Waals surface area contributed by atoms with E-state index in [1.165, 1.54) is 14.1 Å². The van der Waals surface area contributed by atoms with Gasteiger partial charge in [-0.1, -0.05) is 6.92 Å². The summed E-state index contributed by atoms with van der Waals surface area (Å²) in [5, 5.41) is 7.10. The van der Waals surface area contributed by atoms with E-state index in [0.29, 0.717) is 6.42 Å². The van der Waals surface area contributed by atoms with Crippen LogP contribution in [0.25, 0.3) is 0 Å². The van der Waals surface area contributed by atoms with Crippen LogP contribution in [0, 0.1) is 5.41 Å². The molecule has 0 aliphatic rings. The first-order chi connectivity index (χ1) is 5.81. The molecule has 0 bridgehead atoms. The Morgan fingerprint density at radius 1 is 1.62 bits per heavy atom. The van der Waals surface area contributed by atoms with Gasteiger partial charge in [-0.2, -0.15) is 17.4 Å². The summed E-state index contributed by atoms with van der Waals surface area (Å²) in [7, 11) is -0.668. The van der Waals surface area contributed by atoms with E-state index in [2.05, 4.69) is 4.72 Å². The van der Waals surface area contributed by atoms with Gasteiger partial charge in [0.05, 0.1) is 6.04 Å². The first-order valence-corrected chi connectivity index (χ1v) is 5.29. The molecule has 7 heteroatoms. The molecule has 0 aliphatic carbocycles. The molecule has 0 radical (unpaired) electrons. The van der Waals surface area contributed by atoms with E-state index in [1.54, 1.807) is 6.92 Å². The monoisotopic (exact) mass is 208 g/mol. The molecule has 78 valence electrons. The minimum atomic E-state index is -3.49. The first-order valence-electron chi connectivity index (χ1n) is 3.85. The largest absolute Gasteiger partial charge is 0.386 e. The minimum absolute atomic E-state index is 0.173. The molecule has 6 nitrogen and oxygen atoms in total. The highest BCUT2D eigenvalue weighted by atomic mass is 32.2. The quantitative estimate of drug-likeness (QED) is 0.403. The summed E-state index contributed by atoms with van der Waals surface area (Å²) in [6, 6.07) is -0.618. The Kier molecular flexibility index (Phi) is 4.31. The SMILES string of the molecule is CCC(NS(=O)(=O)N(C)C)C(=N)N. The second kappa shape index (κ2) is 4.54. The molecule has 0 rings (SSSR count). The van der Waals surface area contributed by atoms with Crippen LogP contribution in [0.2, 0.25) is 0 Å². The standard InChI is InChI=1S/C6H16N4O2S/c1-4-5(6(7)8)9-13(11,12)10(2)3/h5,9H,4H2,1-3H3,(H3,7,8). The van der Waals surface area contributed by atoms with Gasteiger partial charge >= 0.3 is 0 Å². The highest BCUT2D eigenvalue weighted by molar-refractivity contribution is 7.87. The smallest absolute Gasteiger partial charge is 0.279 e. The number of amidine groups is 1. The number of hydrogen-bond acceptors (Lipinski definition) is 3. The lowest BCUT2D eigenvalue weighted by molar-refractivity contribution is 0.498. The lowest BCUT2D eigenvalue weighted by atomic mass is 10.2. The number of nitrogens with zero attached hydrogens (tertiary/aromatic N) is 1. The van der Waals surface area contributed by atoms with Crippen molar-refractivity contribution in [2.24, 2.45) is 5.73 Å². The fraction of sp³-hybridized carbons (Fsp3) is 0.833. The van der Waals surface area contributed by atoms with E-state index in [1.807, 2.05) is 0 Å². The van der Waals surface area contributed by atoms with Crippen molar-refractivity contribution in [3.05, 3.63) is 0 Å². The fourth-order valence-electron chi connectivity index (χ4n) is 0.652. The van der Waals surface area contributed by atoms with Crippen molar-refractivity contribution >= 4 is 16.0 Å². The second-order valence-corrected chi connectivity index (χ2v) is 4.74. The van der Waals surface area contributed by atoms with Crippen LogP contribution in [0.4, 0.5) is 0 Å². The summed E-state index contributed by atoms with van der Waals surface area (Å²) in [5.41, 5.74) is 5.19. The third-order valence-electron chi connectivity index (χ3n) is 1.56. The molecule has 0 saturated carbocycles. The zero-order valence-corrected chi connectivity index (χ0v) is 8.85. The molecule has 1 unspecified atom stereocenters. The summed E-state index contributed by atoms with van der Waals surface area (Å²) < 4.78 is 25.9. The highest BCUT2D eigenvalue weighted by Crippen LogP contribution is 1.96. The third kappa shape index (κ3) is 3.71. The molecular weight excluding hydrogens is 192 g/mol. The Labute approximate surface area is 78.8 Å². The lowest BCUT2D eigenvalue weighted by Crippen LogP contribution is -2.47. The van der Waals surface area contributed by atoms with E-state index < -0.39 is 16.3 Å². The van der Waals surface area contributed by atoms with Gasteiger partial charge in [0.1, 0.15) is 5.84 Å². The van der Waals surface area contributed by atoms with Crippen molar-refractivity contribution < 1.29 is 8.42 Å². The van der Waals surface area contributed by atoms with Gasteiger partial charge in [-0.15, -0.1) is 0 Å². The number of rotatable bonds is 5. The molecule has 0 spiro atoms. The fourth-order valence-corrected chi connectivity index (χ4v) is 1.52. The van der Waals surface area contributed by atoms with Gasteiger partial charge < -0.3 is 5.73 Å². The summed E-state index contributed by atoms with van der Waals surface area (Å²) in [6.45, 7) is 1.75. The zero-order valence-electron chi connectivity index (χ0n) is 8.03. The number of nitrogens with one attached hydrogen (secondary N) is 2. The normalized spacial score (nSPS) is 14.5. The Balaban J connectivity index is 4.50. The predicted molar refractivity (Wildman–Crippen MR) is 51.7 cm³/mol. The molecule has 0 fully saturated rings. The van der Waals surface area contributed by atoms with Crippen LogP contribution in [-0.4, -0.2) is 38.7 Å². The van der Waals surface area contributed by atoms with Gasteiger partial charge in [0, 0.05) is 14.1 Å². The van der Waals surface area contributed by atoms with E-state index >= 15 is 0 Å². The van der Waals surface area contributed by atoms with Crippen molar-refractivity contribution in [2.45, 2.75) is 19.4 Å². The highest BCUT2D eigenvalue weighted by Gasteiger charge is 2.20. The van der Waals surface area contributed by atoms with Gasteiger partial charge in [0.15, 0.2) is 0 Å². The average molecular weight is 208 g/mol.